The molecular formula is C43H38F34N2. The zero-order valence-corrected chi connectivity index (χ0v) is 40.2. The number of benzene rings is 2. The molecule has 1 heterocycles. The number of rotatable bonds is 22. The van der Waals surface area contributed by atoms with E-state index in [1.807, 2.05) is 0 Å². The van der Waals surface area contributed by atoms with E-state index in [9.17, 15) is 149 Å². The highest BCUT2D eigenvalue weighted by molar-refractivity contribution is 5.68. The van der Waals surface area contributed by atoms with Gasteiger partial charge in [-0.05, 0) is 86.3 Å². The minimum absolute atomic E-state index is 0.00824. The van der Waals surface area contributed by atoms with Gasteiger partial charge in [-0.2, -0.15) is 149 Å². The van der Waals surface area contributed by atoms with Gasteiger partial charge in [-0.25, -0.2) is 0 Å². The Bertz CT molecular complexity index is 2290. The fourth-order valence-corrected chi connectivity index (χ4v) is 8.56. The Labute approximate surface area is 422 Å². The molecule has 1 fully saturated rings. The highest BCUT2D eigenvalue weighted by Gasteiger charge is 2.97. The topological polar surface area (TPSA) is 6.48 Å². The minimum atomic E-state index is -8.82. The smallest absolute Gasteiger partial charge is 0.349 e. The lowest BCUT2D eigenvalue weighted by atomic mass is 9.87. The Morgan fingerprint density at radius 2 is 0.557 bits per heavy atom. The van der Waals surface area contributed by atoms with Crippen LogP contribution < -0.4 is 9.80 Å². The van der Waals surface area contributed by atoms with Gasteiger partial charge in [0.25, 0.3) is 0 Å². The first-order chi connectivity index (χ1) is 34.6. The van der Waals surface area contributed by atoms with Crippen molar-refractivity contribution in [2.45, 2.75) is 175 Å². The van der Waals surface area contributed by atoms with Crippen LogP contribution in [-0.4, -0.2) is 115 Å². The molecule has 0 saturated carbocycles. The number of aryl methyl sites for hydroxylation is 6. The van der Waals surface area contributed by atoms with E-state index in [4.69, 9.17) is 0 Å². The van der Waals surface area contributed by atoms with Crippen molar-refractivity contribution in [3.05, 3.63) is 57.6 Å². The van der Waals surface area contributed by atoms with Crippen molar-refractivity contribution in [2.24, 2.45) is 5.92 Å². The SMILES string of the molecule is CCC(C)C1N(c2c(C)cc(CCC(F)(F)C(F)(F)C(F)(F)C(F)(F)C(F)(F)C(F)(F)C(F)(F)C(F)(F)F)cc2C)CCN1c1c(C)cc(CCC(F)(F)C(F)(F)C(F)(F)C(F)(F)C(F)(F)C(F)(F)C(F)(F)C(F)(F)F)cc1C. The molecule has 0 radical (unpaired) electrons. The van der Waals surface area contributed by atoms with Gasteiger partial charge in [0.15, 0.2) is 0 Å². The lowest BCUT2D eigenvalue weighted by Crippen LogP contribution is -2.74. The molecule has 1 aliphatic heterocycles. The molecule has 0 aliphatic carbocycles. The maximum atomic E-state index is 14.8. The first-order valence-corrected chi connectivity index (χ1v) is 21.8. The Balaban J connectivity index is 1.96. The first kappa shape index (κ1) is 68.9. The van der Waals surface area contributed by atoms with Crippen LogP contribution in [-0.2, 0) is 12.8 Å². The maximum Gasteiger partial charge on any atom is 0.460 e. The van der Waals surface area contributed by atoms with E-state index in [-0.39, 0.29) is 53.1 Å². The minimum Gasteiger partial charge on any atom is -0.349 e. The molecule has 1 unspecified atom stereocenters. The normalized spacial score (nSPS) is 17.1. The quantitative estimate of drug-likeness (QED) is 0.108. The summed E-state index contributed by atoms with van der Waals surface area (Å²) in [7, 11) is 0. The number of anilines is 2. The summed E-state index contributed by atoms with van der Waals surface area (Å²) >= 11 is 0. The molecule has 0 aromatic heterocycles. The first-order valence-electron chi connectivity index (χ1n) is 21.8. The van der Waals surface area contributed by atoms with Crippen LogP contribution in [0, 0.1) is 33.6 Å². The van der Waals surface area contributed by atoms with Gasteiger partial charge in [-0.1, -0.05) is 38.1 Å². The largest absolute Gasteiger partial charge is 0.460 e. The maximum absolute atomic E-state index is 14.8. The second kappa shape index (κ2) is 20.2. The average Bonchev–Trinajstić information content (AvgIpc) is 3.68. The lowest BCUT2D eigenvalue weighted by Gasteiger charge is -2.42. The molecule has 2 aromatic carbocycles. The Kier molecular flexibility index (Phi) is 17.6. The van der Waals surface area contributed by atoms with Crippen LogP contribution in [0.15, 0.2) is 24.3 Å². The Hall–Kier alpha value is -4.34. The zero-order chi connectivity index (χ0) is 62.7. The van der Waals surface area contributed by atoms with E-state index in [1.165, 1.54) is 27.7 Å². The van der Waals surface area contributed by atoms with Crippen molar-refractivity contribution in [2.75, 3.05) is 22.9 Å². The summed E-state index contributed by atoms with van der Waals surface area (Å²) < 4.78 is 470. The molecule has 2 aromatic rings. The van der Waals surface area contributed by atoms with Crippen LogP contribution in [0.1, 0.15) is 66.5 Å². The number of alkyl halides is 34. The van der Waals surface area contributed by atoms with Gasteiger partial charge in [0, 0.05) is 37.3 Å². The van der Waals surface area contributed by atoms with E-state index < -0.39 is 144 Å². The van der Waals surface area contributed by atoms with Gasteiger partial charge < -0.3 is 9.80 Å². The molecule has 3 rings (SSSR count). The summed E-state index contributed by atoms with van der Waals surface area (Å²) in [6.45, 7) is 7.91. The van der Waals surface area contributed by atoms with Crippen LogP contribution in [0.25, 0.3) is 0 Å². The van der Waals surface area contributed by atoms with E-state index in [0.29, 0.717) is 0 Å². The van der Waals surface area contributed by atoms with Crippen LogP contribution in [0.5, 0.6) is 0 Å². The molecule has 1 saturated heterocycles. The summed E-state index contributed by atoms with van der Waals surface area (Å²) in [5.74, 6) is -116. The third kappa shape index (κ3) is 10.2. The fourth-order valence-electron chi connectivity index (χ4n) is 8.56. The van der Waals surface area contributed by atoms with Crippen LogP contribution in [0.4, 0.5) is 161 Å². The van der Waals surface area contributed by atoms with E-state index in [2.05, 4.69) is 0 Å². The highest BCUT2D eigenvalue weighted by Crippen LogP contribution is 2.66. The molecule has 0 amide bonds. The van der Waals surface area contributed by atoms with Gasteiger partial charge in [0.2, 0.25) is 0 Å². The predicted octanol–water partition coefficient (Wildman–Crippen LogP) is 17.5. The van der Waals surface area contributed by atoms with E-state index >= 15 is 0 Å². The Morgan fingerprint density at radius 3 is 0.759 bits per heavy atom. The molecule has 458 valence electrons. The second-order valence-electron chi connectivity index (χ2n) is 18.6. The van der Waals surface area contributed by atoms with Gasteiger partial charge >= 0.3 is 95.3 Å². The highest BCUT2D eigenvalue weighted by atomic mass is 19.4. The fraction of sp³-hybridized carbons (Fsp3) is 0.721. The average molecular weight is 1230 g/mol. The number of nitrogens with zero attached hydrogens (tertiary/aromatic N) is 2. The summed E-state index contributed by atoms with van der Waals surface area (Å²) in [5, 5.41) is 0. The molecule has 1 atom stereocenters. The van der Waals surface area contributed by atoms with E-state index in [0.717, 1.165) is 24.3 Å². The predicted molar refractivity (Wildman–Crippen MR) is 208 cm³/mol. The third-order valence-corrected chi connectivity index (χ3v) is 13.1. The zero-order valence-electron chi connectivity index (χ0n) is 40.2. The van der Waals surface area contributed by atoms with Gasteiger partial charge in [-0.15, -0.1) is 0 Å². The van der Waals surface area contributed by atoms with Crippen LogP contribution in [0.3, 0.4) is 0 Å². The van der Waals surface area contributed by atoms with Gasteiger partial charge in [0.1, 0.15) is 6.17 Å². The molecule has 1 aliphatic rings. The number of hydrogen-bond donors (Lipinski definition) is 0. The van der Waals surface area contributed by atoms with E-state index in [1.54, 1.807) is 23.6 Å². The van der Waals surface area contributed by atoms with Crippen molar-refractivity contribution in [1.82, 2.24) is 0 Å². The molecule has 0 N–H and O–H groups in total. The number of hydrogen-bond acceptors (Lipinski definition) is 2. The summed E-state index contributed by atoms with van der Waals surface area (Å²) in [4.78, 5) is 3.17. The molecule has 36 heteroatoms. The monoisotopic (exact) mass is 1230 g/mol. The number of halogens is 34. The standard InChI is InChI=1S/C43H38F34N2/c1-7-18(2)27-78(25-19(3)14-23(15-20(25)4)8-10-28(44,45)30(48,49)32(52,53)34(56,57)36(60,61)38(64,65)40(68,69)42(72,73)74)12-13-79(27)26-21(5)16-24(17-22(26)6)9-11-29(46,47)31(50,51)33(54,55)35(58,59)37(62,63)39(66,67)41(70,71)43(75,76)77/h14-18,27H,7-13H2,1-6H3. The van der Waals surface area contributed by atoms with Gasteiger partial charge in [0.05, 0.1) is 0 Å². The van der Waals surface area contributed by atoms with Crippen molar-refractivity contribution >= 4 is 11.4 Å². The van der Waals surface area contributed by atoms with Gasteiger partial charge in [-0.3, -0.25) is 0 Å². The van der Waals surface area contributed by atoms with Crippen LogP contribution in [0.2, 0.25) is 0 Å². The van der Waals surface area contributed by atoms with Crippen molar-refractivity contribution in [3.8, 4) is 0 Å². The lowest BCUT2D eigenvalue weighted by molar-refractivity contribution is -0.461. The summed E-state index contributed by atoms with van der Waals surface area (Å²) in [6, 6.07) is 3.56. The molecule has 0 spiro atoms. The summed E-state index contributed by atoms with van der Waals surface area (Å²) in [5.41, 5.74) is -0.835. The third-order valence-electron chi connectivity index (χ3n) is 13.1. The van der Waals surface area contributed by atoms with Crippen molar-refractivity contribution in [1.29, 1.82) is 0 Å². The Morgan fingerprint density at radius 1 is 0.354 bits per heavy atom. The molecule has 79 heavy (non-hydrogen) atoms. The summed E-state index contributed by atoms with van der Waals surface area (Å²) in [6.07, 6.45) is -25.2. The molecule has 0 bridgehead atoms. The van der Waals surface area contributed by atoms with Crippen molar-refractivity contribution in [3.63, 3.8) is 0 Å². The molecule has 2 nitrogen and oxygen atoms in total. The molecular weight excluding hydrogens is 1190 g/mol. The van der Waals surface area contributed by atoms with Crippen molar-refractivity contribution < 1.29 is 149 Å². The second-order valence-corrected chi connectivity index (χ2v) is 18.6. The van der Waals surface area contributed by atoms with Crippen LogP contribution >= 0.6 is 0 Å².